The Kier molecular flexibility index (Phi) is 4.87. The van der Waals surface area contributed by atoms with E-state index in [1.54, 1.807) is 19.2 Å². The zero-order valence-corrected chi connectivity index (χ0v) is 12.0. The smallest absolute Gasteiger partial charge is 0.163 e. The minimum atomic E-state index is -0.380. The van der Waals surface area contributed by atoms with Crippen LogP contribution >= 0.6 is 0 Å². The predicted octanol–water partition coefficient (Wildman–Crippen LogP) is 3.55. The van der Waals surface area contributed by atoms with Crippen molar-refractivity contribution < 1.29 is 19.0 Å². The van der Waals surface area contributed by atoms with Crippen LogP contribution < -0.4 is 14.8 Å². The van der Waals surface area contributed by atoms with Gasteiger partial charge in [0.15, 0.2) is 11.5 Å². The zero-order chi connectivity index (χ0) is 15.2. The molecule has 0 saturated heterocycles. The molecule has 4 nitrogen and oxygen atoms in total. The van der Waals surface area contributed by atoms with E-state index in [-0.39, 0.29) is 11.6 Å². The fraction of sp³-hybridized carbons (Fsp3) is 0.250. The minimum Gasteiger partial charge on any atom is -0.508 e. The Morgan fingerprint density at radius 2 is 1.95 bits per heavy atom. The van der Waals surface area contributed by atoms with Crippen molar-refractivity contribution in [2.75, 3.05) is 19.0 Å². The van der Waals surface area contributed by atoms with Gasteiger partial charge in [0.1, 0.15) is 11.6 Å². The van der Waals surface area contributed by atoms with E-state index in [1.165, 1.54) is 18.2 Å². The Labute approximate surface area is 123 Å². The molecule has 112 valence electrons. The van der Waals surface area contributed by atoms with Gasteiger partial charge in [-0.3, -0.25) is 0 Å². The summed E-state index contributed by atoms with van der Waals surface area (Å²) in [5.41, 5.74) is 1.28. The Morgan fingerprint density at radius 3 is 2.67 bits per heavy atom. The molecule has 21 heavy (non-hydrogen) atoms. The molecule has 0 atom stereocenters. The summed E-state index contributed by atoms with van der Waals surface area (Å²) in [7, 11) is 1.58. The van der Waals surface area contributed by atoms with Crippen molar-refractivity contribution in [3.8, 4) is 17.2 Å². The maximum atomic E-state index is 13.2. The first-order chi connectivity index (χ1) is 10.1. The highest BCUT2D eigenvalue weighted by atomic mass is 19.1. The van der Waals surface area contributed by atoms with Crippen LogP contribution in [0.3, 0.4) is 0 Å². The Bertz CT molecular complexity index is 616. The van der Waals surface area contributed by atoms with Gasteiger partial charge in [0.2, 0.25) is 0 Å². The van der Waals surface area contributed by atoms with Gasteiger partial charge in [-0.25, -0.2) is 4.39 Å². The maximum absolute atomic E-state index is 13.2. The summed E-state index contributed by atoms with van der Waals surface area (Å²) in [5.74, 6) is 0.959. The minimum absolute atomic E-state index is 0.0578. The van der Waals surface area contributed by atoms with E-state index < -0.39 is 0 Å². The zero-order valence-electron chi connectivity index (χ0n) is 12.0. The summed E-state index contributed by atoms with van der Waals surface area (Å²) in [4.78, 5) is 0. The molecule has 2 rings (SSSR count). The fourth-order valence-electron chi connectivity index (χ4n) is 1.95. The van der Waals surface area contributed by atoms with Gasteiger partial charge < -0.3 is 19.9 Å². The number of phenolic OH excluding ortho intramolecular Hbond substituents is 1. The highest BCUT2D eigenvalue weighted by Crippen LogP contribution is 2.30. The summed E-state index contributed by atoms with van der Waals surface area (Å²) in [6.07, 6.45) is 0. The molecule has 0 radical (unpaired) electrons. The Hall–Kier alpha value is -2.43. The molecule has 2 aromatic rings. The van der Waals surface area contributed by atoms with Crippen molar-refractivity contribution in [3.63, 3.8) is 0 Å². The number of ether oxygens (including phenoxy) is 2. The maximum Gasteiger partial charge on any atom is 0.163 e. The lowest BCUT2D eigenvalue weighted by Crippen LogP contribution is -2.02. The number of halogens is 1. The van der Waals surface area contributed by atoms with Crippen molar-refractivity contribution >= 4 is 5.69 Å². The van der Waals surface area contributed by atoms with Crippen molar-refractivity contribution in [1.29, 1.82) is 0 Å². The molecule has 0 amide bonds. The molecular weight excluding hydrogens is 273 g/mol. The SMILES string of the molecule is CCOc1cc(NCc2cc(F)ccc2O)ccc1OC. The van der Waals surface area contributed by atoms with Crippen molar-refractivity contribution in [2.24, 2.45) is 0 Å². The molecule has 0 unspecified atom stereocenters. The van der Waals surface area contributed by atoms with Crippen LogP contribution in [0.1, 0.15) is 12.5 Å². The van der Waals surface area contributed by atoms with E-state index in [1.807, 2.05) is 13.0 Å². The number of phenols is 1. The van der Waals surface area contributed by atoms with Gasteiger partial charge in [-0.15, -0.1) is 0 Å². The molecule has 2 aromatic carbocycles. The largest absolute Gasteiger partial charge is 0.508 e. The molecule has 0 spiro atoms. The average Bonchev–Trinajstić information content (AvgIpc) is 2.49. The van der Waals surface area contributed by atoms with Crippen LogP contribution in [0.2, 0.25) is 0 Å². The summed E-state index contributed by atoms with van der Waals surface area (Å²) >= 11 is 0. The highest BCUT2D eigenvalue weighted by Gasteiger charge is 2.07. The lowest BCUT2D eigenvalue weighted by molar-refractivity contribution is 0.311. The van der Waals surface area contributed by atoms with E-state index in [9.17, 15) is 9.50 Å². The third-order valence-corrected chi connectivity index (χ3v) is 2.99. The van der Waals surface area contributed by atoms with Gasteiger partial charge in [0.25, 0.3) is 0 Å². The van der Waals surface area contributed by atoms with E-state index in [0.717, 1.165) is 5.69 Å². The summed E-state index contributed by atoms with van der Waals surface area (Å²) in [6.45, 7) is 2.73. The molecule has 0 bridgehead atoms. The molecule has 0 aliphatic heterocycles. The van der Waals surface area contributed by atoms with Gasteiger partial charge in [-0.2, -0.15) is 0 Å². The number of methoxy groups -OCH3 is 1. The molecule has 0 saturated carbocycles. The molecule has 0 aliphatic rings. The number of nitrogens with one attached hydrogen (secondary N) is 1. The fourth-order valence-corrected chi connectivity index (χ4v) is 1.95. The monoisotopic (exact) mass is 291 g/mol. The van der Waals surface area contributed by atoms with Crippen LogP contribution in [0.25, 0.3) is 0 Å². The molecule has 5 heteroatoms. The highest BCUT2D eigenvalue weighted by molar-refractivity contribution is 5.55. The topological polar surface area (TPSA) is 50.7 Å². The lowest BCUT2D eigenvalue weighted by atomic mass is 10.2. The standard InChI is InChI=1S/C16H18FNO3/c1-3-21-16-9-13(5-7-15(16)20-2)18-10-11-8-12(17)4-6-14(11)19/h4-9,18-19H,3,10H2,1-2H3. The second-order valence-electron chi connectivity index (χ2n) is 4.43. The predicted molar refractivity (Wildman–Crippen MR) is 79.6 cm³/mol. The third kappa shape index (κ3) is 3.78. The first-order valence-electron chi connectivity index (χ1n) is 6.66. The summed E-state index contributed by atoms with van der Waals surface area (Å²) < 4.78 is 23.9. The number of rotatable bonds is 6. The van der Waals surface area contributed by atoms with Gasteiger partial charge in [0.05, 0.1) is 13.7 Å². The molecule has 0 aliphatic carbocycles. The van der Waals surface area contributed by atoms with Gasteiger partial charge in [-0.1, -0.05) is 0 Å². The van der Waals surface area contributed by atoms with Crippen LogP contribution in [0.15, 0.2) is 36.4 Å². The molecular formula is C16H18FNO3. The first kappa shape index (κ1) is 15.0. The van der Waals surface area contributed by atoms with Crippen LogP contribution in [-0.4, -0.2) is 18.8 Å². The number of anilines is 1. The Balaban J connectivity index is 2.12. The van der Waals surface area contributed by atoms with Gasteiger partial charge in [-0.05, 0) is 37.3 Å². The summed E-state index contributed by atoms with van der Waals surface area (Å²) in [5, 5.41) is 12.8. The number of hydrogen-bond donors (Lipinski definition) is 2. The van der Waals surface area contributed by atoms with Crippen LogP contribution in [0.5, 0.6) is 17.2 Å². The number of aromatic hydroxyl groups is 1. The summed E-state index contributed by atoms with van der Waals surface area (Å²) in [6, 6.07) is 9.29. The van der Waals surface area contributed by atoms with Gasteiger partial charge in [0, 0.05) is 23.9 Å². The van der Waals surface area contributed by atoms with Gasteiger partial charge >= 0.3 is 0 Å². The van der Waals surface area contributed by atoms with E-state index in [0.29, 0.717) is 30.2 Å². The molecule has 2 N–H and O–H groups in total. The average molecular weight is 291 g/mol. The number of hydrogen-bond acceptors (Lipinski definition) is 4. The molecule has 0 heterocycles. The van der Waals surface area contributed by atoms with Crippen molar-refractivity contribution in [2.45, 2.75) is 13.5 Å². The van der Waals surface area contributed by atoms with E-state index in [2.05, 4.69) is 5.32 Å². The second-order valence-corrected chi connectivity index (χ2v) is 4.43. The Morgan fingerprint density at radius 1 is 1.14 bits per heavy atom. The van der Waals surface area contributed by atoms with Crippen molar-refractivity contribution in [3.05, 3.63) is 47.8 Å². The van der Waals surface area contributed by atoms with Crippen LogP contribution in [0.4, 0.5) is 10.1 Å². The second kappa shape index (κ2) is 6.83. The molecule has 0 aromatic heterocycles. The van der Waals surface area contributed by atoms with Crippen LogP contribution in [0, 0.1) is 5.82 Å². The van der Waals surface area contributed by atoms with E-state index >= 15 is 0 Å². The van der Waals surface area contributed by atoms with E-state index in [4.69, 9.17) is 9.47 Å². The lowest BCUT2D eigenvalue weighted by Gasteiger charge is -2.13. The number of benzene rings is 2. The third-order valence-electron chi connectivity index (χ3n) is 2.99. The van der Waals surface area contributed by atoms with Crippen molar-refractivity contribution in [1.82, 2.24) is 0 Å². The normalized spacial score (nSPS) is 10.2. The first-order valence-corrected chi connectivity index (χ1v) is 6.66. The van der Waals surface area contributed by atoms with Crippen LogP contribution in [-0.2, 0) is 6.54 Å². The molecule has 0 fully saturated rings. The quantitative estimate of drug-likeness (QED) is 0.854.